The Hall–Kier alpha value is 0.0600. The van der Waals surface area contributed by atoms with Crippen molar-refractivity contribution in [2.24, 2.45) is 0 Å². The number of hydrogen-bond donors (Lipinski definition) is 1. The van der Waals surface area contributed by atoms with Crippen LogP contribution in [0.25, 0.3) is 0 Å². The van der Waals surface area contributed by atoms with Gasteiger partial charge in [-0.15, -0.1) is 0 Å². The maximum absolute atomic E-state index is 11.1. The van der Waals surface area contributed by atoms with E-state index in [1.165, 1.54) is 0 Å². The average Bonchev–Trinajstić information content (AvgIpc) is 2.10. The molecule has 1 N–H and O–H groups in total. The van der Waals surface area contributed by atoms with Crippen LogP contribution < -0.4 is 0 Å². The lowest BCUT2D eigenvalue weighted by atomic mass is 10.3. The van der Waals surface area contributed by atoms with Gasteiger partial charge in [-0.2, -0.15) is 0 Å². The third-order valence-corrected chi connectivity index (χ3v) is 4.97. The van der Waals surface area contributed by atoms with Gasteiger partial charge in [-0.25, -0.2) is 12.6 Å². The Morgan fingerprint density at radius 2 is 2.18 bits per heavy atom. The minimum Gasteiger partial charge on any atom is -0.306 e. The fraction of sp³-hybridized carbons (Fsp3) is 1.00. The molecular weight excluding hydrogens is 188 g/mol. The Bertz CT molecular complexity index is 256. The summed E-state index contributed by atoms with van der Waals surface area (Å²) >= 11 is -1.98. The zero-order valence-electron chi connectivity index (χ0n) is 5.89. The van der Waals surface area contributed by atoms with E-state index in [9.17, 15) is 12.6 Å². The van der Waals surface area contributed by atoms with Crippen LogP contribution >= 0.6 is 0 Å². The van der Waals surface area contributed by atoms with E-state index in [0.29, 0.717) is 12.8 Å². The highest BCUT2D eigenvalue weighted by molar-refractivity contribution is 7.93. The second kappa shape index (κ2) is 3.20. The topological polar surface area (TPSA) is 71.4 Å². The molecule has 0 amide bonds. The molecule has 0 aromatic rings. The molecule has 66 valence electrons. The lowest BCUT2D eigenvalue weighted by Crippen LogP contribution is -2.22. The predicted octanol–water partition coefficient (Wildman–Crippen LogP) is -0.215. The van der Waals surface area contributed by atoms with Gasteiger partial charge in [0.25, 0.3) is 0 Å². The molecule has 1 heterocycles. The van der Waals surface area contributed by atoms with E-state index in [2.05, 4.69) is 0 Å². The highest BCUT2D eigenvalue weighted by Crippen LogP contribution is 2.20. The van der Waals surface area contributed by atoms with Crippen LogP contribution in [0.3, 0.4) is 0 Å². The Labute approximate surface area is 68.2 Å². The van der Waals surface area contributed by atoms with Crippen LogP contribution in [0.2, 0.25) is 0 Å². The molecule has 1 fully saturated rings. The molecule has 1 rings (SSSR count). The molecule has 0 saturated carbocycles. The SMILES string of the molecule is O=S(O)CC1CCCS1(=O)=O. The largest absolute Gasteiger partial charge is 0.306 e. The van der Waals surface area contributed by atoms with Gasteiger partial charge in [0.05, 0.1) is 16.8 Å². The summed E-state index contributed by atoms with van der Waals surface area (Å²) in [7, 11) is -3.04. The summed E-state index contributed by atoms with van der Waals surface area (Å²) in [4.78, 5) is 0. The zero-order valence-corrected chi connectivity index (χ0v) is 7.53. The van der Waals surface area contributed by atoms with E-state index in [0.717, 1.165) is 0 Å². The molecule has 11 heavy (non-hydrogen) atoms. The second-order valence-electron chi connectivity index (χ2n) is 2.62. The second-order valence-corrected chi connectivity index (χ2v) is 6.00. The summed E-state index contributed by atoms with van der Waals surface area (Å²) in [6.07, 6.45) is 1.17. The molecule has 0 aromatic carbocycles. The molecule has 1 aliphatic heterocycles. The predicted molar refractivity (Wildman–Crippen MR) is 42.4 cm³/mol. The zero-order chi connectivity index (χ0) is 8.48. The summed E-state index contributed by atoms with van der Waals surface area (Å²) < 4.78 is 40.8. The van der Waals surface area contributed by atoms with Crippen LogP contribution in [0.5, 0.6) is 0 Å². The van der Waals surface area contributed by atoms with Gasteiger partial charge in [0.2, 0.25) is 0 Å². The van der Waals surface area contributed by atoms with E-state index in [-0.39, 0.29) is 11.5 Å². The quantitative estimate of drug-likeness (QED) is 0.623. The van der Waals surface area contributed by atoms with Gasteiger partial charge >= 0.3 is 0 Å². The minimum atomic E-state index is -3.04. The molecular formula is C5H10O4S2. The summed E-state index contributed by atoms with van der Waals surface area (Å²) in [5, 5.41) is -0.576. The number of rotatable bonds is 2. The van der Waals surface area contributed by atoms with E-state index in [4.69, 9.17) is 4.55 Å². The fourth-order valence-corrected chi connectivity index (χ4v) is 4.30. The van der Waals surface area contributed by atoms with E-state index in [1.54, 1.807) is 0 Å². The van der Waals surface area contributed by atoms with Gasteiger partial charge in [-0.1, -0.05) is 0 Å². The first kappa shape index (κ1) is 9.15. The van der Waals surface area contributed by atoms with Crippen molar-refractivity contribution in [3.05, 3.63) is 0 Å². The molecule has 1 saturated heterocycles. The smallest absolute Gasteiger partial charge is 0.154 e. The van der Waals surface area contributed by atoms with Gasteiger partial charge in [-0.3, -0.25) is 0 Å². The van der Waals surface area contributed by atoms with Gasteiger partial charge in [0, 0.05) is 0 Å². The number of sulfone groups is 1. The highest BCUT2D eigenvalue weighted by Gasteiger charge is 2.32. The summed E-state index contributed by atoms with van der Waals surface area (Å²) in [6.45, 7) is 0. The Balaban J connectivity index is 2.66. The third-order valence-electron chi connectivity index (χ3n) is 1.79. The van der Waals surface area contributed by atoms with Crippen molar-refractivity contribution >= 4 is 20.9 Å². The third kappa shape index (κ3) is 2.25. The molecule has 0 bridgehead atoms. The van der Waals surface area contributed by atoms with Crippen LogP contribution in [0.15, 0.2) is 0 Å². The van der Waals surface area contributed by atoms with E-state index in [1.807, 2.05) is 0 Å². The van der Waals surface area contributed by atoms with Gasteiger partial charge in [-0.05, 0) is 12.8 Å². The van der Waals surface area contributed by atoms with Crippen molar-refractivity contribution < 1.29 is 17.2 Å². The standard InChI is InChI=1S/C5H10O4S2/c6-10(7)4-5-2-1-3-11(5,8)9/h5H,1-4H2,(H,6,7). The van der Waals surface area contributed by atoms with Crippen molar-refractivity contribution in [2.45, 2.75) is 18.1 Å². The molecule has 0 aliphatic carbocycles. The first-order valence-corrected chi connectivity index (χ1v) is 6.30. The van der Waals surface area contributed by atoms with E-state index < -0.39 is 26.2 Å². The molecule has 4 nitrogen and oxygen atoms in total. The minimum absolute atomic E-state index is 0.123. The Kier molecular flexibility index (Phi) is 2.66. The maximum Gasteiger partial charge on any atom is 0.154 e. The molecule has 2 atom stereocenters. The lowest BCUT2D eigenvalue weighted by molar-refractivity contribution is 0.556. The highest BCUT2D eigenvalue weighted by atomic mass is 32.2. The summed E-state index contributed by atoms with van der Waals surface area (Å²) in [5.41, 5.74) is 0. The van der Waals surface area contributed by atoms with Crippen molar-refractivity contribution in [3.63, 3.8) is 0 Å². The first-order valence-electron chi connectivity index (χ1n) is 3.31. The average molecular weight is 198 g/mol. The van der Waals surface area contributed by atoms with Crippen LogP contribution in [-0.2, 0) is 20.9 Å². The molecule has 1 aliphatic rings. The van der Waals surface area contributed by atoms with Crippen molar-refractivity contribution in [1.29, 1.82) is 0 Å². The molecule has 2 unspecified atom stereocenters. The van der Waals surface area contributed by atoms with Crippen LogP contribution in [0.1, 0.15) is 12.8 Å². The first-order chi connectivity index (χ1) is 5.02. The van der Waals surface area contributed by atoms with Crippen molar-refractivity contribution in [1.82, 2.24) is 0 Å². The molecule has 0 radical (unpaired) electrons. The van der Waals surface area contributed by atoms with Crippen molar-refractivity contribution in [3.8, 4) is 0 Å². The molecule has 0 aromatic heterocycles. The van der Waals surface area contributed by atoms with Crippen molar-refractivity contribution in [2.75, 3.05) is 11.5 Å². The van der Waals surface area contributed by atoms with Gasteiger partial charge in [0.1, 0.15) is 0 Å². The number of hydrogen-bond acceptors (Lipinski definition) is 3. The van der Waals surface area contributed by atoms with Gasteiger partial charge in [0.15, 0.2) is 20.9 Å². The fourth-order valence-electron chi connectivity index (χ4n) is 1.20. The summed E-state index contributed by atoms with van der Waals surface area (Å²) in [5.74, 6) is 0.0528. The molecule has 6 heteroatoms. The van der Waals surface area contributed by atoms with Crippen LogP contribution in [0, 0.1) is 0 Å². The normalized spacial score (nSPS) is 31.9. The molecule has 0 spiro atoms. The lowest BCUT2D eigenvalue weighted by Gasteiger charge is -2.04. The van der Waals surface area contributed by atoms with Gasteiger partial charge < -0.3 is 4.55 Å². The monoisotopic (exact) mass is 198 g/mol. The maximum atomic E-state index is 11.1. The Morgan fingerprint density at radius 1 is 1.55 bits per heavy atom. The summed E-state index contributed by atoms with van der Waals surface area (Å²) in [6, 6.07) is 0. The van der Waals surface area contributed by atoms with Crippen LogP contribution in [-0.4, -0.2) is 33.9 Å². The van der Waals surface area contributed by atoms with E-state index >= 15 is 0 Å². The Morgan fingerprint density at radius 3 is 2.55 bits per heavy atom. The van der Waals surface area contributed by atoms with Crippen LogP contribution in [0.4, 0.5) is 0 Å².